The van der Waals surface area contributed by atoms with Crippen LogP contribution in [0, 0.1) is 0 Å². The molecule has 1 aliphatic rings. The zero-order valence-corrected chi connectivity index (χ0v) is 17.3. The van der Waals surface area contributed by atoms with E-state index in [9.17, 15) is 21.6 Å². The summed E-state index contributed by atoms with van der Waals surface area (Å²) in [6.07, 6.45) is 2.71. The summed E-state index contributed by atoms with van der Waals surface area (Å²) in [5.74, 6) is -2.76. The molecule has 0 radical (unpaired) electrons. The number of aryl methyl sites for hydroxylation is 2. The lowest BCUT2D eigenvalue weighted by Gasteiger charge is -2.25. The van der Waals surface area contributed by atoms with Gasteiger partial charge in [0, 0.05) is 40.1 Å². The SMILES string of the molecule is CO[C@@H]1CCN(S(=O)(=O)c2cn(C)cn2)[C@H]1Cc1cnn(C)c1.O=C(O)C(F)(F)F. The highest BCUT2D eigenvalue weighted by atomic mass is 32.2. The Bertz CT molecular complexity index is 972. The molecule has 0 aliphatic carbocycles. The molecule has 168 valence electrons. The van der Waals surface area contributed by atoms with Crippen molar-refractivity contribution in [2.24, 2.45) is 14.1 Å². The minimum absolute atomic E-state index is 0.0768. The maximum Gasteiger partial charge on any atom is 0.490 e. The lowest BCUT2D eigenvalue weighted by molar-refractivity contribution is -0.192. The maximum atomic E-state index is 12.9. The van der Waals surface area contributed by atoms with Crippen LogP contribution in [0.1, 0.15) is 12.0 Å². The number of halogens is 3. The Kier molecular flexibility index (Phi) is 7.26. The summed E-state index contributed by atoms with van der Waals surface area (Å²) in [6.45, 7) is 0.433. The van der Waals surface area contributed by atoms with Gasteiger partial charge >= 0.3 is 12.1 Å². The third-order valence-electron chi connectivity index (χ3n) is 4.44. The predicted octanol–water partition coefficient (Wildman–Crippen LogP) is 0.808. The first-order chi connectivity index (χ1) is 13.9. The molecule has 3 heterocycles. The number of aliphatic carboxylic acids is 1. The molecule has 0 saturated carbocycles. The van der Waals surface area contributed by atoms with Crippen molar-refractivity contribution in [3.63, 3.8) is 0 Å². The van der Waals surface area contributed by atoms with Gasteiger partial charge in [-0.3, -0.25) is 4.68 Å². The Balaban J connectivity index is 0.000000396. The molecule has 14 heteroatoms. The fraction of sp³-hybridized carbons (Fsp3) is 0.562. The molecular formula is C16H22F3N5O5S. The molecule has 1 aliphatic heterocycles. The van der Waals surface area contributed by atoms with Crippen LogP contribution >= 0.6 is 0 Å². The maximum absolute atomic E-state index is 12.9. The lowest BCUT2D eigenvalue weighted by atomic mass is 10.1. The highest BCUT2D eigenvalue weighted by Crippen LogP contribution is 2.29. The number of alkyl halides is 3. The number of carboxylic acids is 1. The van der Waals surface area contributed by atoms with E-state index < -0.39 is 22.2 Å². The normalized spacial score (nSPS) is 20.1. The van der Waals surface area contributed by atoms with E-state index in [-0.39, 0.29) is 17.2 Å². The number of rotatable bonds is 5. The van der Waals surface area contributed by atoms with Crippen molar-refractivity contribution < 1.29 is 36.2 Å². The fourth-order valence-corrected chi connectivity index (χ4v) is 4.70. The number of carbonyl (C=O) groups is 1. The Morgan fingerprint density at radius 2 is 1.97 bits per heavy atom. The van der Waals surface area contributed by atoms with Crippen LogP contribution in [0.4, 0.5) is 13.2 Å². The molecule has 3 rings (SSSR count). The van der Waals surface area contributed by atoms with Crippen molar-refractivity contribution in [3.05, 3.63) is 30.5 Å². The number of imidazole rings is 1. The van der Waals surface area contributed by atoms with Crippen molar-refractivity contribution in [3.8, 4) is 0 Å². The van der Waals surface area contributed by atoms with Crippen LogP contribution in [0.3, 0.4) is 0 Å². The van der Waals surface area contributed by atoms with Crippen LogP contribution in [-0.2, 0) is 40.1 Å². The van der Waals surface area contributed by atoms with Gasteiger partial charge in [0.2, 0.25) is 0 Å². The zero-order chi connectivity index (χ0) is 22.7. The van der Waals surface area contributed by atoms with Crippen molar-refractivity contribution in [2.75, 3.05) is 13.7 Å². The third kappa shape index (κ3) is 5.58. The summed E-state index contributed by atoms with van der Waals surface area (Å²) >= 11 is 0. The summed E-state index contributed by atoms with van der Waals surface area (Å²) in [5.41, 5.74) is 0.989. The Hall–Kier alpha value is -2.45. The predicted molar refractivity (Wildman–Crippen MR) is 96.9 cm³/mol. The fourth-order valence-electron chi connectivity index (χ4n) is 3.07. The van der Waals surface area contributed by atoms with Crippen LogP contribution in [0.2, 0.25) is 0 Å². The smallest absolute Gasteiger partial charge is 0.475 e. The van der Waals surface area contributed by atoms with Gasteiger partial charge in [0.15, 0.2) is 5.03 Å². The molecule has 0 spiro atoms. The van der Waals surface area contributed by atoms with Crippen LogP contribution in [0.5, 0.6) is 0 Å². The molecule has 10 nitrogen and oxygen atoms in total. The summed E-state index contributed by atoms with van der Waals surface area (Å²) < 4.78 is 67.9. The topological polar surface area (TPSA) is 120 Å². The Morgan fingerprint density at radius 1 is 1.33 bits per heavy atom. The summed E-state index contributed by atoms with van der Waals surface area (Å²) in [7, 11) is 1.59. The van der Waals surface area contributed by atoms with Crippen molar-refractivity contribution in [1.82, 2.24) is 23.6 Å². The highest BCUT2D eigenvalue weighted by Gasteiger charge is 2.42. The third-order valence-corrected chi connectivity index (χ3v) is 6.25. The van der Waals surface area contributed by atoms with Gasteiger partial charge in [-0.25, -0.2) is 18.2 Å². The van der Waals surface area contributed by atoms with E-state index in [1.54, 1.807) is 29.6 Å². The number of hydrogen-bond donors (Lipinski definition) is 1. The van der Waals surface area contributed by atoms with Crippen LogP contribution in [0.15, 0.2) is 29.9 Å². The molecule has 2 atom stereocenters. The summed E-state index contributed by atoms with van der Waals surface area (Å²) in [5, 5.41) is 11.4. The first-order valence-corrected chi connectivity index (χ1v) is 10.1. The largest absolute Gasteiger partial charge is 0.490 e. The van der Waals surface area contributed by atoms with Gasteiger partial charge < -0.3 is 14.4 Å². The molecule has 0 unspecified atom stereocenters. The zero-order valence-electron chi connectivity index (χ0n) is 16.4. The van der Waals surface area contributed by atoms with E-state index >= 15 is 0 Å². The summed E-state index contributed by atoms with van der Waals surface area (Å²) in [4.78, 5) is 12.9. The van der Waals surface area contributed by atoms with Crippen molar-refractivity contribution >= 4 is 16.0 Å². The molecule has 30 heavy (non-hydrogen) atoms. The monoisotopic (exact) mass is 453 g/mol. The molecule has 0 aromatic carbocycles. The minimum atomic E-state index is -5.08. The highest BCUT2D eigenvalue weighted by molar-refractivity contribution is 7.89. The number of carboxylic acid groups (broad SMARTS) is 1. The lowest BCUT2D eigenvalue weighted by Crippen LogP contribution is -2.41. The standard InChI is InChI=1S/C14H21N5O3S.C2HF3O2/c1-17-9-14(15-10-17)23(20,21)19-5-4-13(22-3)12(19)6-11-7-16-18(2)8-11;3-2(4,5)1(6)7/h7-10,12-13H,4-6H2,1-3H3;(H,6,7)/t12-,13+;/m0./s1. The van der Waals surface area contributed by atoms with E-state index in [1.807, 2.05) is 13.2 Å². The number of methoxy groups -OCH3 is 1. The van der Waals surface area contributed by atoms with E-state index in [2.05, 4.69) is 10.1 Å². The van der Waals surface area contributed by atoms with Gasteiger partial charge in [-0.05, 0) is 18.4 Å². The molecule has 1 N–H and O–H groups in total. The number of sulfonamides is 1. The van der Waals surface area contributed by atoms with Gasteiger partial charge in [-0.1, -0.05) is 0 Å². The molecule has 0 amide bonds. The van der Waals surface area contributed by atoms with E-state index in [4.69, 9.17) is 14.6 Å². The number of nitrogens with zero attached hydrogens (tertiary/aromatic N) is 5. The molecular weight excluding hydrogens is 431 g/mol. The van der Waals surface area contributed by atoms with Crippen LogP contribution < -0.4 is 0 Å². The molecule has 2 aromatic rings. The van der Waals surface area contributed by atoms with E-state index in [0.717, 1.165) is 5.56 Å². The van der Waals surface area contributed by atoms with Gasteiger partial charge in [-0.15, -0.1) is 0 Å². The van der Waals surface area contributed by atoms with E-state index in [1.165, 1.54) is 16.8 Å². The second-order valence-corrected chi connectivity index (χ2v) is 8.49. The van der Waals surface area contributed by atoms with Crippen molar-refractivity contribution in [1.29, 1.82) is 0 Å². The molecule has 1 saturated heterocycles. The number of hydrogen-bond acceptors (Lipinski definition) is 6. The van der Waals surface area contributed by atoms with Crippen LogP contribution in [0.25, 0.3) is 0 Å². The van der Waals surface area contributed by atoms with Gasteiger partial charge in [-0.2, -0.15) is 22.6 Å². The average Bonchev–Trinajstić information content (AvgIpc) is 3.35. The van der Waals surface area contributed by atoms with Crippen LogP contribution in [-0.4, -0.2) is 75.1 Å². The molecule has 2 aromatic heterocycles. The van der Waals surface area contributed by atoms with Gasteiger partial charge in [0.1, 0.15) is 0 Å². The van der Waals surface area contributed by atoms with Gasteiger partial charge in [0.25, 0.3) is 10.0 Å². The first kappa shape index (κ1) is 23.8. The first-order valence-electron chi connectivity index (χ1n) is 8.66. The van der Waals surface area contributed by atoms with Gasteiger partial charge in [0.05, 0.1) is 24.7 Å². The van der Waals surface area contributed by atoms with E-state index in [0.29, 0.717) is 19.4 Å². The second kappa shape index (κ2) is 9.14. The quantitative estimate of drug-likeness (QED) is 0.711. The second-order valence-electron chi connectivity index (χ2n) is 6.65. The Labute approximate surface area is 170 Å². The number of aromatic nitrogens is 4. The van der Waals surface area contributed by atoms with Crippen molar-refractivity contribution in [2.45, 2.75) is 36.2 Å². The Morgan fingerprint density at radius 3 is 2.40 bits per heavy atom. The molecule has 0 bridgehead atoms. The summed E-state index contributed by atoms with van der Waals surface area (Å²) in [6, 6.07) is -0.254. The minimum Gasteiger partial charge on any atom is -0.475 e. The average molecular weight is 453 g/mol. The molecule has 1 fully saturated rings. The number of ether oxygens (including phenoxy) is 1.